The molecule has 1 N–H and O–H groups in total. The van der Waals surface area contributed by atoms with Gasteiger partial charge in [0.15, 0.2) is 0 Å². The number of rotatable bonds is 4. The normalized spacial score (nSPS) is 15.0. The number of hydrogen-bond acceptors (Lipinski definition) is 1. The molecule has 0 amide bonds. The van der Waals surface area contributed by atoms with Gasteiger partial charge in [-0.1, -0.05) is 43.3 Å². The van der Waals surface area contributed by atoms with E-state index in [0.717, 1.165) is 6.54 Å². The molecule has 0 radical (unpaired) electrons. The lowest BCUT2D eigenvalue weighted by molar-refractivity contribution is 0.627. The van der Waals surface area contributed by atoms with Crippen molar-refractivity contribution in [1.29, 1.82) is 0 Å². The molecule has 0 spiro atoms. The maximum atomic E-state index is 3.67. The summed E-state index contributed by atoms with van der Waals surface area (Å²) in [7, 11) is 0. The summed E-state index contributed by atoms with van der Waals surface area (Å²) in [5.74, 6) is 0. The molecule has 1 nitrogen and oxygen atoms in total. The van der Waals surface area contributed by atoms with E-state index in [4.69, 9.17) is 0 Å². The van der Waals surface area contributed by atoms with Crippen LogP contribution in [-0.4, -0.2) is 6.54 Å². The Kier molecular flexibility index (Phi) is 4.65. The molecule has 0 heterocycles. The van der Waals surface area contributed by atoms with Gasteiger partial charge in [-0.05, 0) is 83.1 Å². The van der Waals surface area contributed by atoms with Crippen LogP contribution in [0.3, 0.4) is 0 Å². The fourth-order valence-electron chi connectivity index (χ4n) is 3.28. The van der Waals surface area contributed by atoms with Gasteiger partial charge in [0.1, 0.15) is 0 Å². The molecule has 110 valence electrons. The van der Waals surface area contributed by atoms with Crippen LogP contribution in [0.25, 0.3) is 0 Å². The highest BCUT2D eigenvalue weighted by atomic mass is 127. The van der Waals surface area contributed by atoms with Crippen molar-refractivity contribution in [3.05, 3.63) is 67.8 Å². The Hall–Kier alpha value is -0.870. The van der Waals surface area contributed by atoms with Gasteiger partial charge in [0.05, 0.1) is 6.04 Å². The third-order valence-corrected chi connectivity index (χ3v) is 5.87. The Balaban J connectivity index is 2.03. The van der Waals surface area contributed by atoms with Gasteiger partial charge in [0.25, 0.3) is 0 Å². The fraction of sp³-hybridized carbons (Fsp3) is 0.368. The van der Waals surface area contributed by atoms with E-state index in [0.29, 0.717) is 6.04 Å². The maximum absolute atomic E-state index is 3.67. The third-order valence-electron chi connectivity index (χ3n) is 4.40. The summed E-state index contributed by atoms with van der Waals surface area (Å²) in [5, 5.41) is 3.67. The fourth-order valence-corrected chi connectivity index (χ4v) is 3.95. The minimum atomic E-state index is 0.299. The molecular weight excluding hydrogens is 369 g/mol. The molecule has 1 atom stereocenters. The summed E-state index contributed by atoms with van der Waals surface area (Å²) in [6, 6.07) is 14.0. The third kappa shape index (κ3) is 3.02. The van der Waals surface area contributed by atoms with Gasteiger partial charge < -0.3 is 5.32 Å². The highest BCUT2D eigenvalue weighted by Crippen LogP contribution is 2.31. The molecule has 1 aliphatic carbocycles. The topological polar surface area (TPSA) is 12.0 Å². The molecule has 2 aromatic carbocycles. The first-order valence-corrected chi connectivity index (χ1v) is 8.88. The lowest BCUT2D eigenvalue weighted by Crippen LogP contribution is -2.23. The molecular formula is C19H22IN. The first-order valence-electron chi connectivity index (χ1n) is 7.80. The average molecular weight is 391 g/mol. The van der Waals surface area contributed by atoms with Crippen molar-refractivity contribution in [3.8, 4) is 0 Å². The Bertz CT molecular complexity index is 648. The molecule has 1 aliphatic rings. The highest BCUT2D eigenvalue weighted by Gasteiger charge is 2.19. The predicted molar refractivity (Wildman–Crippen MR) is 97.9 cm³/mol. The second-order valence-corrected chi connectivity index (χ2v) is 6.93. The molecule has 3 rings (SSSR count). The van der Waals surface area contributed by atoms with E-state index in [-0.39, 0.29) is 0 Å². The minimum absolute atomic E-state index is 0.299. The van der Waals surface area contributed by atoms with Crippen LogP contribution in [0, 0.1) is 10.5 Å². The van der Waals surface area contributed by atoms with Gasteiger partial charge in [-0.15, -0.1) is 0 Å². The van der Waals surface area contributed by atoms with Crippen LogP contribution in [0.1, 0.15) is 47.2 Å². The van der Waals surface area contributed by atoms with E-state index in [2.05, 4.69) is 78.2 Å². The Labute approximate surface area is 141 Å². The zero-order valence-corrected chi connectivity index (χ0v) is 14.9. The summed E-state index contributed by atoms with van der Waals surface area (Å²) in [4.78, 5) is 0. The monoisotopic (exact) mass is 391 g/mol. The second kappa shape index (κ2) is 6.49. The van der Waals surface area contributed by atoms with Gasteiger partial charge in [-0.25, -0.2) is 0 Å². The molecule has 0 bridgehead atoms. The minimum Gasteiger partial charge on any atom is -0.306 e. The molecule has 1 unspecified atom stereocenters. The van der Waals surface area contributed by atoms with Crippen molar-refractivity contribution in [2.75, 3.05) is 6.54 Å². The van der Waals surface area contributed by atoms with Crippen LogP contribution in [0.15, 0.2) is 36.4 Å². The maximum Gasteiger partial charge on any atom is 0.0587 e. The number of halogens is 1. The van der Waals surface area contributed by atoms with Crippen molar-refractivity contribution in [3.63, 3.8) is 0 Å². The van der Waals surface area contributed by atoms with Gasteiger partial charge in [-0.3, -0.25) is 0 Å². The molecule has 0 fully saturated rings. The van der Waals surface area contributed by atoms with Crippen molar-refractivity contribution in [2.45, 2.75) is 39.2 Å². The average Bonchev–Trinajstić information content (AvgIpc) is 2.95. The number of hydrogen-bond donors (Lipinski definition) is 1. The van der Waals surface area contributed by atoms with Crippen LogP contribution in [-0.2, 0) is 12.8 Å². The number of benzene rings is 2. The van der Waals surface area contributed by atoms with E-state index in [1.54, 1.807) is 11.1 Å². The molecule has 0 saturated carbocycles. The van der Waals surface area contributed by atoms with Crippen molar-refractivity contribution in [1.82, 2.24) is 5.32 Å². The summed E-state index contributed by atoms with van der Waals surface area (Å²) in [5.41, 5.74) is 7.26. The quantitative estimate of drug-likeness (QED) is 0.740. The Morgan fingerprint density at radius 1 is 1.14 bits per heavy atom. The summed E-state index contributed by atoms with van der Waals surface area (Å²) >= 11 is 2.48. The SMILES string of the molecule is CCNC(c1ccc2c(c1)CCC2)c1cccc(C)c1I. The molecule has 2 aromatic rings. The summed E-state index contributed by atoms with van der Waals surface area (Å²) in [6.45, 7) is 5.35. The molecule has 0 saturated heterocycles. The second-order valence-electron chi connectivity index (χ2n) is 5.85. The van der Waals surface area contributed by atoms with Gasteiger partial charge in [0.2, 0.25) is 0 Å². The standard InChI is InChI=1S/C19H22IN/c1-3-21-19(17-9-4-6-13(2)18(17)20)16-11-10-14-7-5-8-15(14)12-16/h4,6,9-12,19,21H,3,5,7-8H2,1-2H3. The molecule has 0 aliphatic heterocycles. The van der Waals surface area contributed by atoms with Gasteiger partial charge >= 0.3 is 0 Å². The molecule has 2 heteroatoms. The smallest absolute Gasteiger partial charge is 0.0587 e. The van der Waals surface area contributed by atoms with E-state index in [9.17, 15) is 0 Å². The zero-order chi connectivity index (χ0) is 14.8. The van der Waals surface area contributed by atoms with Gasteiger partial charge in [0, 0.05) is 3.57 Å². The Morgan fingerprint density at radius 3 is 2.76 bits per heavy atom. The largest absolute Gasteiger partial charge is 0.306 e. The van der Waals surface area contributed by atoms with Crippen LogP contribution < -0.4 is 5.32 Å². The summed E-state index contributed by atoms with van der Waals surface area (Å²) in [6.07, 6.45) is 3.81. The summed E-state index contributed by atoms with van der Waals surface area (Å²) < 4.78 is 1.38. The number of aryl methyl sites for hydroxylation is 3. The first kappa shape index (κ1) is 15.0. The van der Waals surface area contributed by atoms with Crippen molar-refractivity contribution < 1.29 is 0 Å². The van der Waals surface area contributed by atoms with Crippen molar-refractivity contribution >= 4 is 22.6 Å². The van der Waals surface area contributed by atoms with Crippen LogP contribution >= 0.6 is 22.6 Å². The highest BCUT2D eigenvalue weighted by molar-refractivity contribution is 14.1. The lowest BCUT2D eigenvalue weighted by Gasteiger charge is -2.22. The first-order chi connectivity index (χ1) is 10.2. The van der Waals surface area contributed by atoms with E-state index < -0.39 is 0 Å². The molecule has 21 heavy (non-hydrogen) atoms. The van der Waals surface area contributed by atoms with E-state index in [1.807, 2.05) is 0 Å². The zero-order valence-electron chi connectivity index (χ0n) is 12.7. The van der Waals surface area contributed by atoms with Gasteiger partial charge in [-0.2, -0.15) is 0 Å². The molecule has 0 aromatic heterocycles. The Morgan fingerprint density at radius 2 is 1.95 bits per heavy atom. The predicted octanol–water partition coefficient (Wildman–Crippen LogP) is 4.79. The van der Waals surface area contributed by atoms with Crippen LogP contribution in [0.2, 0.25) is 0 Å². The number of fused-ring (bicyclic) bond motifs is 1. The number of nitrogens with one attached hydrogen (secondary N) is 1. The van der Waals surface area contributed by atoms with Crippen LogP contribution in [0.5, 0.6) is 0 Å². The van der Waals surface area contributed by atoms with E-state index >= 15 is 0 Å². The van der Waals surface area contributed by atoms with Crippen molar-refractivity contribution in [2.24, 2.45) is 0 Å². The van der Waals surface area contributed by atoms with E-state index in [1.165, 1.54) is 39.5 Å². The van der Waals surface area contributed by atoms with Crippen LogP contribution in [0.4, 0.5) is 0 Å². The lowest BCUT2D eigenvalue weighted by atomic mass is 9.94.